The number of carboxylic acids is 1. The molecule has 0 fully saturated rings. The Kier molecular flexibility index (Phi) is 5.65. The molecule has 3 aromatic rings. The van der Waals surface area contributed by atoms with E-state index in [-0.39, 0.29) is 6.54 Å². The lowest BCUT2D eigenvalue weighted by Gasteiger charge is -2.08. The number of fused-ring (bicyclic) bond motifs is 3. The van der Waals surface area contributed by atoms with E-state index in [2.05, 4.69) is 45.8 Å². The molecule has 23 heavy (non-hydrogen) atoms. The number of rotatable bonds is 4. The molecular formula is C17H22N4O2. The quantitative estimate of drug-likeness (QED) is 0.773. The summed E-state index contributed by atoms with van der Waals surface area (Å²) in [7, 11) is 1.59. The van der Waals surface area contributed by atoms with Crippen LogP contribution in [0.4, 0.5) is 0 Å². The van der Waals surface area contributed by atoms with Crippen molar-refractivity contribution in [2.24, 2.45) is 5.92 Å². The molecule has 0 saturated heterocycles. The molecule has 2 aromatic heterocycles. The summed E-state index contributed by atoms with van der Waals surface area (Å²) in [5.74, 6) is -0.211. The van der Waals surface area contributed by atoms with Crippen molar-refractivity contribution in [1.29, 1.82) is 0 Å². The summed E-state index contributed by atoms with van der Waals surface area (Å²) in [6, 6.07) is 8.23. The third-order valence-electron chi connectivity index (χ3n) is 3.24. The number of pyridine rings is 1. The van der Waals surface area contributed by atoms with Crippen LogP contribution in [0.2, 0.25) is 0 Å². The van der Waals surface area contributed by atoms with E-state index in [9.17, 15) is 4.79 Å². The molecule has 2 heterocycles. The number of nitrogens with one attached hydrogen (secondary N) is 1. The maximum Gasteiger partial charge on any atom is 0.317 e. The number of benzene rings is 1. The van der Waals surface area contributed by atoms with Gasteiger partial charge >= 0.3 is 5.97 Å². The fourth-order valence-corrected chi connectivity index (χ4v) is 2.39. The Bertz CT molecular complexity index is 795. The highest BCUT2D eigenvalue weighted by Crippen LogP contribution is 2.23. The first-order valence-electron chi connectivity index (χ1n) is 7.58. The van der Waals surface area contributed by atoms with Crippen molar-refractivity contribution in [2.75, 3.05) is 13.6 Å². The van der Waals surface area contributed by atoms with Crippen LogP contribution in [-0.4, -0.2) is 39.2 Å². The minimum Gasteiger partial charge on any atom is -0.480 e. The summed E-state index contributed by atoms with van der Waals surface area (Å²) < 4.78 is 2.23. The lowest BCUT2D eigenvalue weighted by molar-refractivity contribution is -0.135. The summed E-state index contributed by atoms with van der Waals surface area (Å²) in [6.45, 7) is 5.47. The summed E-state index contributed by atoms with van der Waals surface area (Å²) in [4.78, 5) is 18.4. The highest BCUT2D eigenvalue weighted by atomic mass is 16.4. The smallest absolute Gasteiger partial charge is 0.317 e. The fourth-order valence-electron chi connectivity index (χ4n) is 2.39. The van der Waals surface area contributed by atoms with Gasteiger partial charge in [-0.05, 0) is 19.0 Å². The Morgan fingerprint density at radius 1 is 1.26 bits per heavy atom. The molecule has 0 saturated carbocycles. The Hall–Kier alpha value is -2.47. The maximum absolute atomic E-state index is 9.54. The van der Waals surface area contributed by atoms with E-state index in [1.807, 2.05) is 24.7 Å². The fraction of sp³-hybridized carbons (Fsp3) is 0.353. The molecule has 1 aromatic carbocycles. The van der Waals surface area contributed by atoms with Crippen LogP contribution in [0, 0.1) is 5.92 Å². The highest BCUT2D eigenvalue weighted by molar-refractivity contribution is 6.01. The number of hydrogen-bond acceptors (Lipinski definition) is 4. The van der Waals surface area contributed by atoms with Crippen molar-refractivity contribution in [3.05, 3.63) is 36.8 Å². The number of para-hydroxylation sites is 1. The predicted octanol–water partition coefficient (Wildman–Crippen LogP) is 2.53. The van der Waals surface area contributed by atoms with Gasteiger partial charge < -0.3 is 15.0 Å². The van der Waals surface area contributed by atoms with Crippen LogP contribution < -0.4 is 5.32 Å². The summed E-state index contributed by atoms with van der Waals surface area (Å²) in [5.41, 5.74) is 3.21. The lowest BCUT2D eigenvalue weighted by Crippen LogP contribution is -2.16. The van der Waals surface area contributed by atoms with E-state index in [1.54, 1.807) is 7.05 Å². The van der Waals surface area contributed by atoms with E-state index < -0.39 is 5.97 Å². The molecule has 0 atom stereocenters. The molecule has 0 amide bonds. The molecule has 0 aliphatic rings. The standard InChI is InChI=1S/C14H15N3.C3H7NO2/c1-10(2)8-17-9-16-13-7-15-12-6-4-3-5-11(12)14(13)17;1-4-2-3(5)6/h3-7,9-10H,8H2,1-2H3;4H,2H2,1H3,(H,5,6). The van der Waals surface area contributed by atoms with Gasteiger partial charge in [0, 0.05) is 11.9 Å². The van der Waals surface area contributed by atoms with E-state index in [4.69, 9.17) is 5.11 Å². The second kappa shape index (κ2) is 7.69. The first-order valence-corrected chi connectivity index (χ1v) is 7.58. The molecule has 0 aliphatic carbocycles. The van der Waals surface area contributed by atoms with Gasteiger partial charge in [0.2, 0.25) is 0 Å². The molecule has 0 aliphatic heterocycles. The van der Waals surface area contributed by atoms with Gasteiger partial charge in [-0.2, -0.15) is 0 Å². The van der Waals surface area contributed by atoms with Gasteiger partial charge in [-0.1, -0.05) is 32.0 Å². The van der Waals surface area contributed by atoms with Gasteiger partial charge in [-0.3, -0.25) is 9.78 Å². The van der Waals surface area contributed by atoms with Crippen LogP contribution in [0.5, 0.6) is 0 Å². The van der Waals surface area contributed by atoms with Crippen molar-refractivity contribution in [3.63, 3.8) is 0 Å². The van der Waals surface area contributed by atoms with Crippen molar-refractivity contribution in [1.82, 2.24) is 19.9 Å². The number of imidazole rings is 1. The van der Waals surface area contributed by atoms with Crippen LogP contribution >= 0.6 is 0 Å². The van der Waals surface area contributed by atoms with Crippen LogP contribution in [0.3, 0.4) is 0 Å². The zero-order chi connectivity index (χ0) is 16.8. The zero-order valence-corrected chi connectivity index (χ0v) is 13.7. The van der Waals surface area contributed by atoms with E-state index in [0.29, 0.717) is 5.92 Å². The van der Waals surface area contributed by atoms with Crippen LogP contribution in [0.1, 0.15) is 13.8 Å². The topological polar surface area (TPSA) is 80.0 Å². The largest absolute Gasteiger partial charge is 0.480 e. The molecule has 122 valence electrons. The third kappa shape index (κ3) is 4.26. The number of likely N-dealkylation sites (N-methyl/N-ethyl adjacent to an activating group) is 1. The number of nitrogens with zero attached hydrogens (tertiary/aromatic N) is 3. The second-order valence-corrected chi connectivity index (χ2v) is 5.72. The first kappa shape index (κ1) is 16.9. The molecule has 0 bridgehead atoms. The summed E-state index contributed by atoms with van der Waals surface area (Å²) >= 11 is 0. The van der Waals surface area contributed by atoms with Gasteiger partial charge in [0.25, 0.3) is 0 Å². The first-order chi connectivity index (χ1) is 11.0. The van der Waals surface area contributed by atoms with Crippen LogP contribution in [-0.2, 0) is 11.3 Å². The third-order valence-corrected chi connectivity index (χ3v) is 3.24. The second-order valence-electron chi connectivity index (χ2n) is 5.72. The van der Waals surface area contributed by atoms with E-state index in [0.717, 1.165) is 17.6 Å². The van der Waals surface area contributed by atoms with E-state index in [1.165, 1.54) is 10.9 Å². The molecule has 0 unspecified atom stereocenters. The molecule has 0 spiro atoms. The summed E-state index contributed by atoms with van der Waals surface area (Å²) in [5, 5.41) is 11.5. The Morgan fingerprint density at radius 2 is 2.00 bits per heavy atom. The number of carboxylic acid groups (broad SMARTS) is 1. The number of carbonyl (C=O) groups is 1. The average molecular weight is 314 g/mol. The highest BCUT2D eigenvalue weighted by Gasteiger charge is 2.08. The number of hydrogen-bond donors (Lipinski definition) is 2. The average Bonchev–Trinajstić information content (AvgIpc) is 2.90. The van der Waals surface area contributed by atoms with Gasteiger partial charge in [0.05, 0.1) is 30.1 Å². The van der Waals surface area contributed by atoms with Gasteiger partial charge in [-0.25, -0.2) is 4.98 Å². The molecule has 3 rings (SSSR count). The lowest BCUT2D eigenvalue weighted by atomic mass is 10.2. The predicted molar refractivity (Wildman–Crippen MR) is 91.4 cm³/mol. The number of aromatic nitrogens is 3. The van der Waals surface area contributed by atoms with Crippen molar-refractivity contribution >= 4 is 27.9 Å². The van der Waals surface area contributed by atoms with Crippen molar-refractivity contribution < 1.29 is 9.90 Å². The monoisotopic (exact) mass is 314 g/mol. The Labute approximate surface area is 135 Å². The zero-order valence-electron chi connectivity index (χ0n) is 13.7. The van der Waals surface area contributed by atoms with Gasteiger partial charge in [0.1, 0.15) is 5.52 Å². The Morgan fingerprint density at radius 3 is 2.61 bits per heavy atom. The SMILES string of the molecule is CC(C)Cn1cnc2cnc3ccccc3c21.CNCC(=O)O. The van der Waals surface area contributed by atoms with Crippen LogP contribution in [0.15, 0.2) is 36.8 Å². The summed E-state index contributed by atoms with van der Waals surface area (Å²) in [6.07, 6.45) is 3.77. The maximum atomic E-state index is 9.54. The van der Waals surface area contributed by atoms with Crippen molar-refractivity contribution in [3.8, 4) is 0 Å². The molecular weight excluding hydrogens is 292 g/mol. The van der Waals surface area contributed by atoms with E-state index >= 15 is 0 Å². The minimum absolute atomic E-state index is 0.0417. The van der Waals surface area contributed by atoms with Crippen LogP contribution in [0.25, 0.3) is 21.9 Å². The Balaban J connectivity index is 0.000000277. The molecule has 6 heteroatoms. The minimum atomic E-state index is -0.822. The molecule has 0 radical (unpaired) electrons. The normalized spacial score (nSPS) is 10.8. The molecule has 6 nitrogen and oxygen atoms in total. The number of aliphatic carboxylic acids is 1. The van der Waals surface area contributed by atoms with Gasteiger partial charge in [-0.15, -0.1) is 0 Å². The molecule has 2 N–H and O–H groups in total. The van der Waals surface area contributed by atoms with Gasteiger partial charge in [0.15, 0.2) is 0 Å². The van der Waals surface area contributed by atoms with Crippen molar-refractivity contribution in [2.45, 2.75) is 20.4 Å².